The van der Waals surface area contributed by atoms with Gasteiger partial charge in [-0.25, -0.2) is 0 Å². The van der Waals surface area contributed by atoms with Crippen molar-refractivity contribution in [3.8, 4) is 5.75 Å². The molecule has 3 aromatic rings. The lowest BCUT2D eigenvalue weighted by Gasteiger charge is -2.25. The van der Waals surface area contributed by atoms with E-state index in [0.29, 0.717) is 22.6 Å². The van der Waals surface area contributed by atoms with Crippen LogP contribution >= 0.6 is 0 Å². The van der Waals surface area contributed by atoms with Crippen LogP contribution in [0.1, 0.15) is 17.2 Å². The van der Waals surface area contributed by atoms with Crippen molar-refractivity contribution < 1.29 is 24.4 Å². The van der Waals surface area contributed by atoms with Gasteiger partial charge in [0.25, 0.3) is 17.4 Å². The Labute approximate surface area is 183 Å². The standard InChI is InChI=1S/C24H18N2O6/c1-32-19-13-11-17(12-14-19)25-21(15-7-9-18(10-8-15)26(30)31)20(23(28)24(25)29)22(27)16-5-3-2-4-6-16/h2-14,21,27H,1H3/b22-20-. The zero-order chi connectivity index (χ0) is 22.8. The molecule has 1 fully saturated rings. The van der Waals surface area contributed by atoms with Gasteiger partial charge < -0.3 is 9.84 Å². The summed E-state index contributed by atoms with van der Waals surface area (Å²) in [5.74, 6) is -1.40. The van der Waals surface area contributed by atoms with Gasteiger partial charge in [-0.05, 0) is 42.0 Å². The molecule has 1 heterocycles. The van der Waals surface area contributed by atoms with Crippen LogP contribution < -0.4 is 9.64 Å². The summed E-state index contributed by atoms with van der Waals surface area (Å²) in [7, 11) is 1.51. The second-order valence-corrected chi connectivity index (χ2v) is 7.08. The molecule has 1 saturated heterocycles. The summed E-state index contributed by atoms with van der Waals surface area (Å²) in [4.78, 5) is 37.9. The predicted molar refractivity (Wildman–Crippen MR) is 117 cm³/mol. The van der Waals surface area contributed by atoms with Gasteiger partial charge in [-0.2, -0.15) is 0 Å². The van der Waals surface area contributed by atoms with E-state index in [-0.39, 0.29) is 17.0 Å². The van der Waals surface area contributed by atoms with Crippen molar-refractivity contribution in [1.82, 2.24) is 0 Å². The largest absolute Gasteiger partial charge is 0.507 e. The maximum Gasteiger partial charge on any atom is 0.300 e. The van der Waals surface area contributed by atoms with E-state index in [0.717, 1.165) is 0 Å². The van der Waals surface area contributed by atoms with Gasteiger partial charge in [0.1, 0.15) is 11.5 Å². The summed E-state index contributed by atoms with van der Waals surface area (Å²) in [6.45, 7) is 0. The number of non-ortho nitro benzene ring substituents is 1. The zero-order valence-electron chi connectivity index (χ0n) is 17.0. The summed E-state index contributed by atoms with van der Waals surface area (Å²) in [6, 6.07) is 19.6. The van der Waals surface area contributed by atoms with Crippen LogP contribution in [0.4, 0.5) is 11.4 Å². The number of hydrogen-bond acceptors (Lipinski definition) is 6. The Morgan fingerprint density at radius 1 is 0.969 bits per heavy atom. The van der Waals surface area contributed by atoms with Crippen LogP contribution in [0.15, 0.2) is 84.4 Å². The number of benzene rings is 3. The highest BCUT2D eigenvalue weighted by Gasteiger charge is 2.47. The fourth-order valence-electron chi connectivity index (χ4n) is 3.69. The average molecular weight is 430 g/mol. The number of aliphatic hydroxyl groups excluding tert-OH is 1. The van der Waals surface area contributed by atoms with Gasteiger partial charge in [0.05, 0.1) is 23.6 Å². The molecular formula is C24H18N2O6. The van der Waals surface area contributed by atoms with E-state index >= 15 is 0 Å². The molecule has 0 saturated carbocycles. The van der Waals surface area contributed by atoms with E-state index in [1.165, 1.54) is 36.3 Å². The quantitative estimate of drug-likeness (QED) is 0.213. The number of nitro benzene ring substituents is 1. The number of nitro groups is 1. The number of aliphatic hydroxyl groups is 1. The van der Waals surface area contributed by atoms with Crippen LogP contribution in [0.3, 0.4) is 0 Å². The maximum atomic E-state index is 13.1. The predicted octanol–water partition coefficient (Wildman–Crippen LogP) is 4.23. The SMILES string of the molecule is COc1ccc(N2C(=O)C(=O)/C(=C(\O)c3ccccc3)C2c2ccc([N+](=O)[O-])cc2)cc1. The van der Waals surface area contributed by atoms with Crippen molar-refractivity contribution in [3.05, 3.63) is 106 Å². The van der Waals surface area contributed by atoms with E-state index in [1.54, 1.807) is 54.6 Å². The molecule has 0 aromatic heterocycles. The summed E-state index contributed by atoms with van der Waals surface area (Å²) >= 11 is 0. The fraction of sp³-hybridized carbons (Fsp3) is 0.0833. The van der Waals surface area contributed by atoms with E-state index in [1.807, 2.05) is 0 Å². The first-order valence-electron chi connectivity index (χ1n) is 9.67. The second-order valence-electron chi connectivity index (χ2n) is 7.08. The Kier molecular flexibility index (Phi) is 5.43. The summed E-state index contributed by atoms with van der Waals surface area (Å²) in [5, 5.41) is 22.0. The molecule has 0 aliphatic carbocycles. The molecule has 1 atom stereocenters. The van der Waals surface area contributed by atoms with Crippen molar-refractivity contribution in [2.24, 2.45) is 0 Å². The minimum absolute atomic E-state index is 0.0918. The van der Waals surface area contributed by atoms with Crippen LogP contribution in [-0.2, 0) is 9.59 Å². The van der Waals surface area contributed by atoms with Gasteiger partial charge in [0.2, 0.25) is 0 Å². The van der Waals surface area contributed by atoms with Crippen molar-refractivity contribution in [1.29, 1.82) is 0 Å². The van der Waals surface area contributed by atoms with E-state index in [9.17, 15) is 24.8 Å². The van der Waals surface area contributed by atoms with Gasteiger partial charge in [-0.3, -0.25) is 24.6 Å². The number of carbonyl (C=O) groups is 2. The number of Topliss-reactive ketones (excluding diaryl/α,β-unsaturated/α-hetero) is 1. The highest BCUT2D eigenvalue weighted by Crippen LogP contribution is 2.42. The normalized spacial score (nSPS) is 17.4. The summed E-state index contributed by atoms with van der Waals surface area (Å²) < 4.78 is 5.16. The van der Waals surface area contributed by atoms with E-state index in [2.05, 4.69) is 0 Å². The molecule has 1 amide bonds. The van der Waals surface area contributed by atoms with Crippen molar-refractivity contribution >= 4 is 28.8 Å². The van der Waals surface area contributed by atoms with Crippen LogP contribution in [0, 0.1) is 10.1 Å². The zero-order valence-corrected chi connectivity index (χ0v) is 17.0. The fourth-order valence-corrected chi connectivity index (χ4v) is 3.69. The molecule has 0 radical (unpaired) electrons. The third-order valence-corrected chi connectivity index (χ3v) is 5.26. The van der Waals surface area contributed by atoms with Crippen LogP contribution in [0.25, 0.3) is 5.76 Å². The topological polar surface area (TPSA) is 110 Å². The third-order valence-electron chi connectivity index (χ3n) is 5.26. The molecule has 1 aliphatic rings. The third kappa shape index (κ3) is 3.58. The minimum Gasteiger partial charge on any atom is -0.507 e. The van der Waals surface area contributed by atoms with Crippen LogP contribution in [0.5, 0.6) is 5.75 Å². The van der Waals surface area contributed by atoms with E-state index in [4.69, 9.17) is 4.74 Å². The molecule has 1 N–H and O–H groups in total. The first-order valence-corrected chi connectivity index (χ1v) is 9.67. The smallest absolute Gasteiger partial charge is 0.300 e. The average Bonchev–Trinajstić information content (AvgIpc) is 3.09. The van der Waals surface area contributed by atoms with Crippen LogP contribution in [-0.4, -0.2) is 28.8 Å². The van der Waals surface area contributed by atoms with Crippen molar-refractivity contribution in [2.75, 3.05) is 12.0 Å². The van der Waals surface area contributed by atoms with Gasteiger partial charge in [0.15, 0.2) is 0 Å². The molecule has 160 valence electrons. The molecule has 0 spiro atoms. The van der Waals surface area contributed by atoms with Gasteiger partial charge >= 0.3 is 0 Å². The van der Waals surface area contributed by atoms with Crippen LogP contribution in [0.2, 0.25) is 0 Å². The van der Waals surface area contributed by atoms with Crippen molar-refractivity contribution in [2.45, 2.75) is 6.04 Å². The molecule has 0 bridgehead atoms. The Balaban J connectivity index is 1.91. The monoisotopic (exact) mass is 430 g/mol. The highest BCUT2D eigenvalue weighted by atomic mass is 16.6. The number of methoxy groups -OCH3 is 1. The minimum atomic E-state index is -0.968. The molecule has 1 unspecified atom stereocenters. The van der Waals surface area contributed by atoms with Gasteiger partial charge in [-0.1, -0.05) is 30.3 Å². The number of ether oxygens (including phenoxy) is 1. The Morgan fingerprint density at radius 2 is 1.59 bits per heavy atom. The molecular weight excluding hydrogens is 412 g/mol. The number of ketones is 1. The first-order chi connectivity index (χ1) is 15.4. The maximum absolute atomic E-state index is 13.1. The first kappa shape index (κ1) is 20.8. The molecule has 8 nitrogen and oxygen atoms in total. The number of carbonyl (C=O) groups excluding carboxylic acids is 2. The van der Waals surface area contributed by atoms with E-state index < -0.39 is 22.7 Å². The molecule has 8 heteroatoms. The molecule has 4 rings (SSSR count). The lowest BCUT2D eigenvalue weighted by Crippen LogP contribution is -2.29. The Morgan fingerprint density at radius 3 is 2.16 bits per heavy atom. The van der Waals surface area contributed by atoms with Gasteiger partial charge in [-0.15, -0.1) is 0 Å². The second kappa shape index (κ2) is 8.35. The molecule has 1 aliphatic heterocycles. The van der Waals surface area contributed by atoms with Gasteiger partial charge in [0, 0.05) is 23.4 Å². The lowest BCUT2D eigenvalue weighted by atomic mass is 9.95. The lowest BCUT2D eigenvalue weighted by molar-refractivity contribution is -0.384. The number of amides is 1. The number of nitrogens with zero attached hydrogens (tertiary/aromatic N) is 2. The number of hydrogen-bond donors (Lipinski definition) is 1. The summed E-state index contributed by atoms with van der Waals surface area (Å²) in [5.41, 5.74) is 1.03. The highest BCUT2D eigenvalue weighted by molar-refractivity contribution is 6.51. The summed E-state index contributed by atoms with van der Waals surface area (Å²) in [6.07, 6.45) is 0. The Hall–Kier alpha value is -4.46. The Bertz CT molecular complexity index is 1220. The molecule has 3 aromatic carbocycles. The molecule has 32 heavy (non-hydrogen) atoms. The number of rotatable bonds is 5. The van der Waals surface area contributed by atoms with Crippen molar-refractivity contribution in [3.63, 3.8) is 0 Å². The number of anilines is 1.